The van der Waals surface area contributed by atoms with Gasteiger partial charge in [-0.15, -0.1) is 0 Å². The maximum Gasteiger partial charge on any atom is 0.249 e. The second-order valence-electron chi connectivity index (χ2n) is 9.99. The Morgan fingerprint density at radius 3 is 2.08 bits per heavy atom. The van der Waals surface area contributed by atoms with E-state index in [0.717, 1.165) is 22.1 Å². The van der Waals surface area contributed by atoms with E-state index < -0.39 is 18.0 Å². The van der Waals surface area contributed by atoms with Crippen molar-refractivity contribution in [1.29, 1.82) is 0 Å². The zero-order valence-corrected chi connectivity index (χ0v) is 24.1. The molecule has 0 aromatic heterocycles. The standard InChI is InChI=1S/C31H32BrN3O5/c1-39-24-13-5-20(6-14-24)29-26(17-18-28(36)35(29)23-11-15-25(40-2)16-12-23)30(37)33-27-4-3-19-34(31(27)38)22-9-7-21(32)8-10-22/h5-16,26-27,29H,3-4,17-19H2,1-2H3,(H,33,37). The van der Waals surface area contributed by atoms with Crippen molar-refractivity contribution in [2.45, 2.75) is 37.8 Å². The zero-order valence-electron chi connectivity index (χ0n) is 22.5. The molecule has 0 radical (unpaired) electrons. The van der Waals surface area contributed by atoms with Gasteiger partial charge in [0.1, 0.15) is 17.5 Å². The number of halogens is 1. The third-order valence-electron chi connectivity index (χ3n) is 7.64. The molecule has 0 saturated carbocycles. The molecule has 2 saturated heterocycles. The molecule has 5 rings (SSSR count). The van der Waals surface area contributed by atoms with Crippen molar-refractivity contribution in [3.8, 4) is 11.5 Å². The fourth-order valence-corrected chi connectivity index (χ4v) is 5.83. The lowest BCUT2D eigenvalue weighted by Gasteiger charge is -2.41. The van der Waals surface area contributed by atoms with Crippen molar-refractivity contribution in [1.82, 2.24) is 5.32 Å². The molecule has 3 atom stereocenters. The van der Waals surface area contributed by atoms with Crippen LogP contribution in [-0.2, 0) is 14.4 Å². The molecule has 0 bridgehead atoms. The number of piperidine rings is 2. The highest BCUT2D eigenvalue weighted by molar-refractivity contribution is 9.10. The molecule has 2 fully saturated rings. The number of carbonyl (C=O) groups excluding carboxylic acids is 3. The highest BCUT2D eigenvalue weighted by Crippen LogP contribution is 2.41. The molecule has 1 N–H and O–H groups in total. The van der Waals surface area contributed by atoms with E-state index in [9.17, 15) is 14.4 Å². The lowest BCUT2D eigenvalue weighted by atomic mass is 9.82. The number of hydrogen-bond acceptors (Lipinski definition) is 5. The molecule has 3 aromatic carbocycles. The smallest absolute Gasteiger partial charge is 0.249 e. The van der Waals surface area contributed by atoms with Crippen LogP contribution in [0.5, 0.6) is 11.5 Å². The van der Waals surface area contributed by atoms with E-state index in [2.05, 4.69) is 21.2 Å². The Morgan fingerprint density at radius 2 is 1.45 bits per heavy atom. The normalized spacial score (nSPS) is 21.2. The molecule has 2 aliphatic heterocycles. The molecule has 9 heteroatoms. The van der Waals surface area contributed by atoms with Crippen LogP contribution in [0.2, 0.25) is 0 Å². The molecular formula is C31H32BrN3O5. The number of nitrogens with zero attached hydrogens (tertiary/aromatic N) is 2. The van der Waals surface area contributed by atoms with Crippen LogP contribution in [0.4, 0.5) is 11.4 Å². The molecule has 0 spiro atoms. The highest BCUT2D eigenvalue weighted by Gasteiger charge is 2.43. The molecule has 8 nitrogen and oxygen atoms in total. The van der Waals surface area contributed by atoms with Gasteiger partial charge < -0.3 is 24.6 Å². The number of amides is 3. The van der Waals surface area contributed by atoms with E-state index in [-0.39, 0.29) is 24.1 Å². The average molecular weight is 607 g/mol. The number of carbonyl (C=O) groups is 3. The predicted octanol–water partition coefficient (Wildman–Crippen LogP) is 5.26. The van der Waals surface area contributed by atoms with Gasteiger partial charge in [-0.25, -0.2) is 0 Å². The van der Waals surface area contributed by atoms with Crippen molar-refractivity contribution in [2.24, 2.45) is 5.92 Å². The maximum atomic E-state index is 13.9. The first kappa shape index (κ1) is 27.7. The number of hydrogen-bond donors (Lipinski definition) is 1. The van der Waals surface area contributed by atoms with Crippen molar-refractivity contribution in [2.75, 3.05) is 30.6 Å². The third-order valence-corrected chi connectivity index (χ3v) is 8.16. The average Bonchev–Trinajstić information content (AvgIpc) is 2.98. The number of anilines is 2. The van der Waals surface area contributed by atoms with Gasteiger partial charge in [0.25, 0.3) is 0 Å². The van der Waals surface area contributed by atoms with Crippen LogP contribution in [-0.4, -0.2) is 44.5 Å². The molecule has 3 aromatic rings. The number of methoxy groups -OCH3 is 2. The minimum absolute atomic E-state index is 0.0646. The number of ether oxygens (including phenoxy) is 2. The molecule has 208 valence electrons. The van der Waals surface area contributed by atoms with Gasteiger partial charge in [-0.2, -0.15) is 0 Å². The second-order valence-corrected chi connectivity index (χ2v) is 10.9. The summed E-state index contributed by atoms with van der Waals surface area (Å²) in [6.07, 6.45) is 1.94. The van der Waals surface area contributed by atoms with E-state index >= 15 is 0 Å². The molecule has 2 heterocycles. The fourth-order valence-electron chi connectivity index (χ4n) is 5.56. The van der Waals surface area contributed by atoms with Gasteiger partial charge in [-0.3, -0.25) is 14.4 Å². The molecule has 40 heavy (non-hydrogen) atoms. The van der Waals surface area contributed by atoms with Crippen LogP contribution in [0.25, 0.3) is 0 Å². The van der Waals surface area contributed by atoms with Gasteiger partial charge >= 0.3 is 0 Å². The Labute approximate surface area is 242 Å². The summed E-state index contributed by atoms with van der Waals surface area (Å²) in [6.45, 7) is 0.602. The first-order chi connectivity index (χ1) is 19.4. The van der Waals surface area contributed by atoms with E-state index in [1.807, 2.05) is 60.7 Å². The third kappa shape index (κ3) is 5.70. The van der Waals surface area contributed by atoms with Gasteiger partial charge in [-0.1, -0.05) is 28.1 Å². The predicted molar refractivity (Wildman–Crippen MR) is 157 cm³/mol. The largest absolute Gasteiger partial charge is 0.497 e. The van der Waals surface area contributed by atoms with Gasteiger partial charge in [0.05, 0.1) is 26.2 Å². The maximum absolute atomic E-state index is 13.9. The Balaban J connectivity index is 1.43. The first-order valence-electron chi connectivity index (χ1n) is 13.4. The molecule has 3 amide bonds. The van der Waals surface area contributed by atoms with Gasteiger partial charge in [-0.05, 0) is 85.5 Å². The quantitative estimate of drug-likeness (QED) is 0.397. The fraction of sp³-hybridized carbons (Fsp3) is 0.323. The lowest BCUT2D eigenvalue weighted by molar-refractivity contribution is -0.133. The summed E-state index contributed by atoms with van der Waals surface area (Å²) < 4.78 is 11.6. The second kappa shape index (κ2) is 12.1. The lowest BCUT2D eigenvalue weighted by Crippen LogP contribution is -2.55. The Bertz CT molecular complexity index is 1360. The first-order valence-corrected chi connectivity index (χ1v) is 14.2. The van der Waals surface area contributed by atoms with Gasteiger partial charge in [0.2, 0.25) is 17.7 Å². The zero-order chi connectivity index (χ0) is 28.2. The Hall–Kier alpha value is -3.85. The highest BCUT2D eigenvalue weighted by atomic mass is 79.9. The summed E-state index contributed by atoms with van der Waals surface area (Å²) in [5.74, 6) is 0.386. The minimum atomic E-state index is -0.631. The summed E-state index contributed by atoms with van der Waals surface area (Å²) in [5.41, 5.74) is 2.30. The van der Waals surface area contributed by atoms with Crippen LogP contribution in [0, 0.1) is 5.92 Å². The van der Waals surface area contributed by atoms with Gasteiger partial charge in [0.15, 0.2) is 0 Å². The van der Waals surface area contributed by atoms with Crippen molar-refractivity contribution in [3.63, 3.8) is 0 Å². The summed E-state index contributed by atoms with van der Waals surface area (Å²) in [4.78, 5) is 44.2. The van der Waals surface area contributed by atoms with Crippen LogP contribution in [0.3, 0.4) is 0 Å². The Kier molecular flexibility index (Phi) is 8.40. The topological polar surface area (TPSA) is 88.2 Å². The van der Waals surface area contributed by atoms with Crippen LogP contribution in [0.1, 0.15) is 37.3 Å². The molecular weight excluding hydrogens is 574 g/mol. The Morgan fingerprint density at radius 1 is 0.850 bits per heavy atom. The van der Waals surface area contributed by atoms with Crippen LogP contribution in [0.15, 0.2) is 77.3 Å². The van der Waals surface area contributed by atoms with E-state index in [0.29, 0.717) is 36.6 Å². The van der Waals surface area contributed by atoms with Crippen LogP contribution < -0.4 is 24.6 Å². The summed E-state index contributed by atoms with van der Waals surface area (Å²) in [6, 6.07) is 21.1. The van der Waals surface area contributed by atoms with Crippen LogP contribution >= 0.6 is 15.9 Å². The molecule has 2 aliphatic rings. The number of nitrogens with one attached hydrogen (secondary N) is 1. The van der Waals surface area contributed by atoms with E-state index in [1.54, 1.807) is 36.2 Å². The summed E-state index contributed by atoms with van der Waals surface area (Å²) in [5, 5.41) is 3.05. The number of benzene rings is 3. The van der Waals surface area contributed by atoms with Gasteiger partial charge in [0, 0.05) is 28.8 Å². The molecule has 0 aliphatic carbocycles. The molecule has 3 unspecified atom stereocenters. The van der Waals surface area contributed by atoms with E-state index in [1.165, 1.54) is 0 Å². The monoisotopic (exact) mass is 605 g/mol. The van der Waals surface area contributed by atoms with E-state index in [4.69, 9.17) is 9.47 Å². The number of rotatable bonds is 7. The summed E-state index contributed by atoms with van der Waals surface area (Å²) >= 11 is 3.44. The minimum Gasteiger partial charge on any atom is -0.497 e. The van der Waals surface area contributed by atoms with Crippen molar-refractivity contribution >= 4 is 45.0 Å². The van der Waals surface area contributed by atoms with Crippen molar-refractivity contribution < 1.29 is 23.9 Å². The summed E-state index contributed by atoms with van der Waals surface area (Å²) in [7, 11) is 3.18. The SMILES string of the molecule is COc1ccc(C2C(C(=O)NC3CCCN(c4ccc(Br)cc4)C3=O)CCC(=O)N2c2ccc(OC)cc2)cc1. The van der Waals surface area contributed by atoms with Crippen molar-refractivity contribution in [3.05, 3.63) is 82.8 Å².